The molecule has 0 aliphatic heterocycles. The van der Waals surface area contributed by atoms with E-state index >= 15 is 0 Å². The molecule has 0 radical (unpaired) electrons. The van der Waals surface area contributed by atoms with Gasteiger partial charge in [-0.15, -0.1) is 0 Å². The molecule has 0 heterocycles. The molecule has 0 spiro atoms. The molecule has 2 N–H and O–H groups in total. The molecule has 0 saturated heterocycles. The first-order valence-electron chi connectivity index (χ1n) is 13.2. The minimum Gasteiger partial charge on any atom is -0.444 e. The third-order valence-corrected chi connectivity index (χ3v) is 5.97. The van der Waals surface area contributed by atoms with Crippen LogP contribution in [-0.4, -0.2) is 40.5 Å². The lowest BCUT2D eigenvalue weighted by atomic mass is 9.99. The minimum absolute atomic E-state index is 0.0976. The highest BCUT2D eigenvalue weighted by Gasteiger charge is 2.36. The molecule has 2 aromatic rings. The van der Waals surface area contributed by atoms with Gasteiger partial charge in [0.15, 0.2) is 0 Å². The van der Waals surface area contributed by atoms with Crippen LogP contribution in [0.4, 0.5) is 4.79 Å². The smallest absolute Gasteiger partial charge is 0.408 e. The van der Waals surface area contributed by atoms with Gasteiger partial charge in [0.05, 0.1) is 0 Å². The van der Waals surface area contributed by atoms with Gasteiger partial charge < -0.3 is 15.4 Å². The molecule has 0 aliphatic rings. The zero-order valence-electron chi connectivity index (χ0n) is 23.4. The maximum atomic E-state index is 14.0. The monoisotopic (exact) mass is 519 g/mol. The Morgan fingerprint density at radius 3 is 2.13 bits per heavy atom. The van der Waals surface area contributed by atoms with Crippen molar-refractivity contribution < 1.29 is 19.1 Å². The number of rotatable bonds is 11. The van der Waals surface area contributed by atoms with Crippen molar-refractivity contribution >= 4 is 17.9 Å². The lowest BCUT2D eigenvalue weighted by Gasteiger charge is -2.31. The zero-order valence-corrected chi connectivity index (χ0v) is 23.4. The molecular formula is C31H41N3O4. The molecule has 0 aromatic heterocycles. The Morgan fingerprint density at radius 1 is 0.974 bits per heavy atom. The fraction of sp³-hybridized carbons (Fsp3) is 0.452. The quantitative estimate of drug-likeness (QED) is 0.318. The third kappa shape index (κ3) is 9.26. The lowest BCUT2D eigenvalue weighted by Crippen LogP contribution is -2.52. The van der Waals surface area contributed by atoms with E-state index in [4.69, 9.17) is 11.2 Å². The highest BCUT2D eigenvalue weighted by atomic mass is 16.6. The number of nitrogens with zero attached hydrogens (tertiary/aromatic N) is 1. The first kappa shape index (κ1) is 30.4. The van der Waals surface area contributed by atoms with E-state index in [1.807, 2.05) is 75.4 Å². The molecule has 3 unspecified atom stereocenters. The highest BCUT2D eigenvalue weighted by molar-refractivity contribution is 5.93. The molecule has 0 saturated carbocycles. The fourth-order valence-electron chi connectivity index (χ4n) is 4.11. The Hall–Kier alpha value is -3.79. The molecule has 7 heteroatoms. The summed E-state index contributed by atoms with van der Waals surface area (Å²) >= 11 is 0. The topological polar surface area (TPSA) is 87.7 Å². The number of benzene rings is 2. The van der Waals surface area contributed by atoms with Gasteiger partial charge in [0.2, 0.25) is 5.91 Å². The largest absolute Gasteiger partial charge is 0.444 e. The van der Waals surface area contributed by atoms with Crippen molar-refractivity contribution in [2.45, 2.75) is 91.0 Å². The summed E-state index contributed by atoms with van der Waals surface area (Å²) < 4.78 is 5.42. The van der Waals surface area contributed by atoms with Crippen LogP contribution in [0.15, 0.2) is 54.6 Å². The number of hydrogen-bond donors (Lipinski definition) is 2. The number of hydrogen-bond acceptors (Lipinski definition) is 4. The van der Waals surface area contributed by atoms with E-state index in [0.717, 1.165) is 35.3 Å². The number of alkyl carbamates (subject to hydrolysis) is 1. The van der Waals surface area contributed by atoms with Gasteiger partial charge >= 0.3 is 6.09 Å². The number of terminal acetylenes is 1. The van der Waals surface area contributed by atoms with Crippen LogP contribution in [0, 0.1) is 12.5 Å². The molecule has 7 nitrogen and oxygen atoms in total. The minimum atomic E-state index is -1.07. The lowest BCUT2D eigenvalue weighted by molar-refractivity contribution is -0.138. The van der Waals surface area contributed by atoms with Crippen LogP contribution >= 0.6 is 0 Å². The van der Waals surface area contributed by atoms with Crippen LogP contribution in [0.25, 0.3) is 0 Å². The summed E-state index contributed by atoms with van der Waals surface area (Å²) in [5.74, 6) is -0.956. The molecular weight excluding hydrogens is 478 g/mol. The molecule has 0 bridgehead atoms. The van der Waals surface area contributed by atoms with E-state index < -0.39 is 29.7 Å². The zero-order chi connectivity index (χ0) is 28.3. The molecule has 0 aliphatic carbocycles. The Labute approximate surface area is 227 Å². The van der Waals surface area contributed by atoms with Gasteiger partial charge in [0.25, 0.3) is 5.91 Å². The Morgan fingerprint density at radius 2 is 1.61 bits per heavy atom. The normalized spacial score (nSPS) is 13.4. The Balaban J connectivity index is 2.47. The standard InChI is InChI=1S/C31H41N3O4/c1-8-14-22(4)32-28(35)27(25-19-17-23(9-2)18-20-25)34(10-3)29(36)26(21-24-15-12-11-13-16-24)33-30(37)38-31(5,6)7/h3,11-13,15-20,22,26-27H,8-9,14,21H2,1-2,4-7H3,(H,32,35)(H,33,37). The summed E-state index contributed by atoms with van der Waals surface area (Å²) in [7, 11) is 0. The van der Waals surface area contributed by atoms with Gasteiger partial charge in [-0.25, -0.2) is 4.79 Å². The summed E-state index contributed by atoms with van der Waals surface area (Å²) in [5.41, 5.74) is 1.75. The van der Waals surface area contributed by atoms with Gasteiger partial charge in [-0.1, -0.05) is 81.3 Å². The van der Waals surface area contributed by atoms with Gasteiger partial charge in [0, 0.05) is 18.5 Å². The molecule has 0 fully saturated rings. The highest BCUT2D eigenvalue weighted by Crippen LogP contribution is 2.24. The summed E-state index contributed by atoms with van der Waals surface area (Å²) in [6.07, 6.45) is 7.84. The fourth-order valence-corrected chi connectivity index (χ4v) is 4.11. The first-order valence-corrected chi connectivity index (χ1v) is 13.2. The molecule has 204 valence electrons. The van der Waals surface area contributed by atoms with Crippen molar-refractivity contribution in [3.05, 3.63) is 71.3 Å². The second-order valence-corrected chi connectivity index (χ2v) is 10.4. The van der Waals surface area contributed by atoms with E-state index in [1.54, 1.807) is 20.8 Å². The predicted octanol–water partition coefficient (Wildman–Crippen LogP) is 5.15. The van der Waals surface area contributed by atoms with Crippen LogP contribution < -0.4 is 10.6 Å². The summed E-state index contributed by atoms with van der Waals surface area (Å²) in [5, 5.41) is 5.68. The number of aryl methyl sites for hydroxylation is 1. The second kappa shape index (κ2) is 14.2. The van der Waals surface area contributed by atoms with Gasteiger partial charge in [-0.3, -0.25) is 14.5 Å². The van der Waals surface area contributed by atoms with Crippen LogP contribution in [0.1, 0.15) is 77.1 Å². The van der Waals surface area contributed by atoms with Gasteiger partial charge in [-0.2, -0.15) is 0 Å². The number of carbonyl (C=O) groups is 3. The Bertz CT molecular complexity index is 1100. The SMILES string of the molecule is C#CN(C(=O)C(Cc1ccccc1)NC(=O)OC(C)(C)C)C(C(=O)NC(C)CCC)c1ccc(CC)cc1. The van der Waals surface area contributed by atoms with E-state index in [2.05, 4.69) is 16.7 Å². The average molecular weight is 520 g/mol. The van der Waals surface area contributed by atoms with Crippen LogP contribution in [-0.2, 0) is 27.2 Å². The third-order valence-electron chi connectivity index (χ3n) is 5.97. The maximum absolute atomic E-state index is 14.0. The molecule has 2 rings (SSSR count). The van der Waals surface area contributed by atoms with E-state index in [0.29, 0.717) is 5.56 Å². The molecule has 38 heavy (non-hydrogen) atoms. The number of carbonyl (C=O) groups excluding carboxylic acids is 3. The van der Waals surface area contributed by atoms with E-state index in [-0.39, 0.29) is 18.4 Å². The average Bonchev–Trinajstić information content (AvgIpc) is 2.86. The number of ether oxygens (including phenoxy) is 1. The van der Waals surface area contributed by atoms with Crippen molar-refractivity contribution in [2.75, 3.05) is 0 Å². The summed E-state index contributed by atoms with van der Waals surface area (Å²) in [6, 6.07) is 17.0. The predicted molar refractivity (Wildman–Crippen MR) is 150 cm³/mol. The molecule has 3 amide bonds. The van der Waals surface area contributed by atoms with E-state index in [1.165, 1.54) is 0 Å². The van der Waals surface area contributed by atoms with Crippen molar-refractivity contribution in [2.24, 2.45) is 0 Å². The van der Waals surface area contributed by atoms with Crippen molar-refractivity contribution in [1.82, 2.24) is 15.5 Å². The van der Waals surface area contributed by atoms with Crippen LogP contribution in [0.3, 0.4) is 0 Å². The first-order chi connectivity index (χ1) is 18.0. The van der Waals surface area contributed by atoms with Gasteiger partial charge in [0.1, 0.15) is 17.7 Å². The van der Waals surface area contributed by atoms with Crippen LogP contribution in [0.5, 0.6) is 0 Å². The van der Waals surface area contributed by atoms with E-state index in [9.17, 15) is 14.4 Å². The molecule has 2 aromatic carbocycles. The number of amides is 3. The Kier molecular flexibility index (Phi) is 11.4. The number of nitrogens with one attached hydrogen (secondary N) is 2. The van der Waals surface area contributed by atoms with Crippen LogP contribution in [0.2, 0.25) is 0 Å². The van der Waals surface area contributed by atoms with Crippen molar-refractivity contribution in [1.29, 1.82) is 0 Å². The summed E-state index contributed by atoms with van der Waals surface area (Å²) in [4.78, 5) is 41.3. The second-order valence-electron chi connectivity index (χ2n) is 10.4. The van der Waals surface area contributed by atoms with Gasteiger partial charge in [-0.05, 0) is 57.2 Å². The van der Waals surface area contributed by atoms with Crippen molar-refractivity contribution in [3.8, 4) is 12.5 Å². The van der Waals surface area contributed by atoms with Crippen molar-refractivity contribution in [3.63, 3.8) is 0 Å². The molecule has 3 atom stereocenters. The maximum Gasteiger partial charge on any atom is 0.408 e. The summed E-state index contributed by atoms with van der Waals surface area (Å²) in [6.45, 7) is 11.2.